The first-order valence-electron chi connectivity index (χ1n) is 4.95. The molecule has 2 unspecified atom stereocenters. The van der Waals surface area contributed by atoms with Gasteiger partial charge in [0.15, 0.2) is 0 Å². The molecule has 0 aromatic carbocycles. The van der Waals surface area contributed by atoms with Crippen LogP contribution in [0.4, 0.5) is 0 Å². The number of Topliss-reactive ketones (excluding diaryl/α,β-unsaturated/α-hetero) is 1. The maximum atomic E-state index is 11.4. The summed E-state index contributed by atoms with van der Waals surface area (Å²) in [6.45, 7) is 3.41. The summed E-state index contributed by atoms with van der Waals surface area (Å²) < 4.78 is 0. The Kier molecular flexibility index (Phi) is 1.93. The van der Waals surface area contributed by atoms with Crippen molar-refractivity contribution in [2.75, 3.05) is 0 Å². The molecule has 0 saturated heterocycles. The molecule has 1 saturated carbocycles. The molecule has 78 valence electrons. The smallest absolute Gasteiger partial charge is 0.243 e. The minimum absolute atomic E-state index is 0.191. The van der Waals surface area contributed by atoms with Crippen molar-refractivity contribution in [2.24, 2.45) is 10.6 Å². The van der Waals surface area contributed by atoms with Crippen LogP contribution in [0.2, 0.25) is 0 Å². The van der Waals surface area contributed by atoms with Gasteiger partial charge in [-0.15, -0.1) is 0 Å². The van der Waals surface area contributed by atoms with Crippen molar-refractivity contribution in [2.45, 2.75) is 45.3 Å². The molecule has 0 bridgehead atoms. The van der Waals surface area contributed by atoms with E-state index in [2.05, 4.69) is 5.16 Å². The predicted octanol–water partition coefficient (Wildman–Crippen LogP) is 1.23. The highest BCUT2D eigenvalue weighted by molar-refractivity contribution is 5.95. The van der Waals surface area contributed by atoms with E-state index in [1.165, 1.54) is 0 Å². The van der Waals surface area contributed by atoms with E-state index in [0.717, 1.165) is 18.6 Å². The first-order chi connectivity index (χ1) is 6.48. The Labute approximate surface area is 82.9 Å². The van der Waals surface area contributed by atoms with E-state index in [9.17, 15) is 9.90 Å². The maximum Gasteiger partial charge on any atom is 0.243 e. The highest BCUT2D eigenvalue weighted by Crippen LogP contribution is 2.48. The fourth-order valence-corrected chi connectivity index (χ4v) is 2.47. The monoisotopic (exact) mass is 197 g/mol. The molecular weight excluding hydrogens is 182 g/mol. The number of ketones is 1. The summed E-state index contributed by atoms with van der Waals surface area (Å²) in [5.74, 6) is -1.12. The van der Waals surface area contributed by atoms with Crippen molar-refractivity contribution in [1.29, 1.82) is 0 Å². The van der Waals surface area contributed by atoms with Gasteiger partial charge in [-0.05, 0) is 19.8 Å². The average molecular weight is 197 g/mol. The Balaban J connectivity index is 2.36. The Morgan fingerprint density at radius 2 is 2.29 bits per heavy atom. The van der Waals surface area contributed by atoms with Crippen LogP contribution in [0.3, 0.4) is 0 Å². The molecule has 1 fully saturated rings. The van der Waals surface area contributed by atoms with Crippen molar-refractivity contribution < 1.29 is 14.7 Å². The molecule has 0 aromatic heterocycles. The lowest BCUT2D eigenvalue weighted by Crippen LogP contribution is -2.50. The lowest BCUT2D eigenvalue weighted by molar-refractivity contribution is -0.229. The molecule has 2 aliphatic rings. The number of nitrogens with zero attached hydrogens (tertiary/aromatic N) is 1. The average Bonchev–Trinajstić information content (AvgIpc) is 2.31. The maximum absolute atomic E-state index is 11.4. The van der Waals surface area contributed by atoms with Crippen molar-refractivity contribution in [3.8, 4) is 0 Å². The first-order valence-corrected chi connectivity index (χ1v) is 4.95. The van der Waals surface area contributed by atoms with Crippen LogP contribution in [0, 0.1) is 5.41 Å². The number of hydrogen-bond donors (Lipinski definition) is 1. The number of carbonyl (C=O) groups is 1. The lowest BCUT2D eigenvalue weighted by atomic mass is 9.66. The van der Waals surface area contributed by atoms with Crippen molar-refractivity contribution >= 4 is 11.5 Å². The molecule has 1 spiro atoms. The van der Waals surface area contributed by atoms with Crippen LogP contribution in [0.15, 0.2) is 5.16 Å². The molecule has 4 nitrogen and oxygen atoms in total. The summed E-state index contributed by atoms with van der Waals surface area (Å²) in [6, 6.07) is 0. The SMILES string of the molecule is CC1=NOC(C)(O)C12CCCC(=O)C2. The van der Waals surface area contributed by atoms with Crippen LogP contribution in [0.5, 0.6) is 0 Å². The van der Waals surface area contributed by atoms with Gasteiger partial charge in [0.25, 0.3) is 0 Å². The van der Waals surface area contributed by atoms with E-state index >= 15 is 0 Å². The fraction of sp³-hybridized carbons (Fsp3) is 0.800. The highest BCUT2D eigenvalue weighted by atomic mass is 16.7. The van der Waals surface area contributed by atoms with Crippen LogP contribution in [-0.4, -0.2) is 22.4 Å². The molecular formula is C10H15NO3. The van der Waals surface area contributed by atoms with Crippen LogP contribution in [-0.2, 0) is 9.63 Å². The van der Waals surface area contributed by atoms with Crippen LogP contribution < -0.4 is 0 Å². The summed E-state index contributed by atoms with van der Waals surface area (Å²) >= 11 is 0. The van der Waals surface area contributed by atoms with Gasteiger partial charge in [0.2, 0.25) is 5.79 Å². The molecule has 14 heavy (non-hydrogen) atoms. The van der Waals surface area contributed by atoms with E-state index in [4.69, 9.17) is 4.84 Å². The largest absolute Gasteiger partial charge is 0.360 e. The summed E-state index contributed by atoms with van der Waals surface area (Å²) in [5, 5.41) is 13.9. The van der Waals surface area contributed by atoms with E-state index in [-0.39, 0.29) is 5.78 Å². The third-order valence-corrected chi connectivity index (χ3v) is 3.50. The normalized spacial score (nSPS) is 42.5. The predicted molar refractivity (Wildman–Crippen MR) is 50.7 cm³/mol. The second-order valence-corrected chi connectivity index (χ2v) is 4.40. The standard InChI is InChI=1S/C10H15NO3/c1-7-10(9(2,13)14-11-7)5-3-4-8(12)6-10/h13H,3-6H2,1-2H3. The van der Waals surface area contributed by atoms with E-state index in [1.54, 1.807) is 6.92 Å². The van der Waals surface area contributed by atoms with Gasteiger partial charge in [-0.1, -0.05) is 5.16 Å². The van der Waals surface area contributed by atoms with Gasteiger partial charge in [-0.25, -0.2) is 0 Å². The van der Waals surface area contributed by atoms with Crippen LogP contribution in [0.1, 0.15) is 39.5 Å². The van der Waals surface area contributed by atoms with E-state index < -0.39 is 11.2 Å². The lowest BCUT2D eigenvalue weighted by Gasteiger charge is -2.39. The number of rotatable bonds is 0. The number of oxime groups is 1. The summed E-state index contributed by atoms with van der Waals surface area (Å²) in [6.07, 6.45) is 2.56. The Morgan fingerprint density at radius 3 is 2.79 bits per heavy atom. The topological polar surface area (TPSA) is 58.9 Å². The zero-order chi connectivity index (χ0) is 10.4. The molecule has 4 heteroatoms. The molecule has 1 aliphatic heterocycles. The summed E-state index contributed by atoms with van der Waals surface area (Å²) in [4.78, 5) is 16.4. The molecule has 0 amide bonds. The Hall–Kier alpha value is -0.900. The summed E-state index contributed by atoms with van der Waals surface area (Å²) in [5.41, 5.74) is 0.179. The molecule has 0 radical (unpaired) electrons. The first kappa shape index (κ1) is 9.65. The second-order valence-electron chi connectivity index (χ2n) is 4.40. The molecule has 0 aromatic rings. The van der Waals surface area contributed by atoms with Gasteiger partial charge in [-0.2, -0.15) is 0 Å². The van der Waals surface area contributed by atoms with Gasteiger partial charge in [0.05, 0.1) is 11.1 Å². The van der Waals surface area contributed by atoms with Crippen molar-refractivity contribution in [3.05, 3.63) is 0 Å². The number of carbonyl (C=O) groups excluding carboxylic acids is 1. The fourth-order valence-electron chi connectivity index (χ4n) is 2.47. The number of aliphatic hydroxyl groups is 1. The molecule has 2 rings (SSSR count). The zero-order valence-electron chi connectivity index (χ0n) is 8.54. The molecule has 2 atom stereocenters. The summed E-state index contributed by atoms with van der Waals surface area (Å²) in [7, 11) is 0. The van der Waals surface area contributed by atoms with Gasteiger partial charge in [0.1, 0.15) is 5.78 Å². The van der Waals surface area contributed by atoms with E-state index in [0.29, 0.717) is 12.8 Å². The molecule has 1 heterocycles. The third-order valence-electron chi connectivity index (χ3n) is 3.50. The van der Waals surface area contributed by atoms with Gasteiger partial charge in [-0.3, -0.25) is 4.79 Å². The second kappa shape index (κ2) is 2.79. The van der Waals surface area contributed by atoms with Crippen molar-refractivity contribution in [3.63, 3.8) is 0 Å². The highest BCUT2D eigenvalue weighted by Gasteiger charge is 2.57. The third kappa shape index (κ3) is 1.10. The van der Waals surface area contributed by atoms with Crippen LogP contribution in [0.25, 0.3) is 0 Å². The van der Waals surface area contributed by atoms with Gasteiger partial charge < -0.3 is 9.94 Å². The number of hydrogen-bond acceptors (Lipinski definition) is 4. The minimum atomic E-state index is -1.31. The Bertz CT molecular complexity index is 308. The molecule has 1 N–H and O–H groups in total. The quantitative estimate of drug-likeness (QED) is 0.635. The Morgan fingerprint density at radius 1 is 1.57 bits per heavy atom. The zero-order valence-corrected chi connectivity index (χ0v) is 8.54. The van der Waals surface area contributed by atoms with Crippen molar-refractivity contribution in [1.82, 2.24) is 0 Å². The van der Waals surface area contributed by atoms with Gasteiger partial charge >= 0.3 is 0 Å². The van der Waals surface area contributed by atoms with Crippen LogP contribution >= 0.6 is 0 Å². The van der Waals surface area contributed by atoms with E-state index in [1.807, 2.05) is 6.92 Å². The molecule has 1 aliphatic carbocycles. The minimum Gasteiger partial charge on any atom is -0.360 e. The van der Waals surface area contributed by atoms with Gasteiger partial charge in [0, 0.05) is 19.8 Å².